The number of ether oxygens (including phenoxy) is 2. The third kappa shape index (κ3) is 4.35. The molecule has 0 aromatic rings. The zero-order chi connectivity index (χ0) is 24.9. The predicted octanol–water partition coefficient (Wildman–Crippen LogP) is 2.23. The number of aliphatic carboxylic acids is 1. The molecule has 0 aromatic heterocycles. The van der Waals surface area contributed by atoms with Crippen LogP contribution in [0.1, 0.15) is 72.1 Å². The van der Waals surface area contributed by atoms with Gasteiger partial charge >= 0.3 is 5.97 Å². The Kier molecular flexibility index (Phi) is 7.24. The van der Waals surface area contributed by atoms with E-state index in [1.54, 1.807) is 0 Å². The highest BCUT2D eigenvalue weighted by molar-refractivity contribution is 5.75. The molecule has 1 aliphatic heterocycles. The maximum Gasteiger partial charge on any atom is 0.309 e. The highest BCUT2D eigenvalue weighted by Gasteiger charge is 2.58. The number of fused-ring (bicyclic) bond motifs is 3. The maximum absolute atomic E-state index is 12.2. The minimum Gasteiger partial charge on any atom is -0.481 e. The van der Waals surface area contributed by atoms with Crippen molar-refractivity contribution in [1.82, 2.24) is 0 Å². The molecule has 34 heavy (non-hydrogen) atoms. The van der Waals surface area contributed by atoms with Crippen LogP contribution in [0.15, 0.2) is 11.6 Å². The fourth-order valence-corrected chi connectivity index (χ4v) is 7.57. The van der Waals surface area contributed by atoms with Crippen molar-refractivity contribution in [3.63, 3.8) is 0 Å². The van der Waals surface area contributed by atoms with Crippen LogP contribution < -0.4 is 0 Å². The molecule has 4 rings (SSSR count). The molecule has 1 saturated heterocycles. The number of carboxylic acid groups (broad SMARTS) is 1. The van der Waals surface area contributed by atoms with Crippen LogP contribution in [0.5, 0.6) is 0 Å². The second-order valence-corrected chi connectivity index (χ2v) is 12.0. The van der Waals surface area contributed by atoms with Crippen LogP contribution in [0.2, 0.25) is 0 Å². The van der Waals surface area contributed by atoms with E-state index in [-0.39, 0.29) is 16.7 Å². The van der Waals surface area contributed by atoms with Gasteiger partial charge in [-0.15, -0.1) is 0 Å². The van der Waals surface area contributed by atoms with Gasteiger partial charge in [0.15, 0.2) is 6.29 Å². The van der Waals surface area contributed by atoms with E-state index in [0.29, 0.717) is 12.5 Å². The van der Waals surface area contributed by atoms with E-state index in [2.05, 4.69) is 19.9 Å². The van der Waals surface area contributed by atoms with E-state index >= 15 is 0 Å². The maximum atomic E-state index is 12.2. The molecule has 2 saturated carbocycles. The fraction of sp³-hybridized carbons (Fsp3) is 0.885. The van der Waals surface area contributed by atoms with Gasteiger partial charge in [0.25, 0.3) is 0 Å². The lowest BCUT2D eigenvalue weighted by atomic mass is 9.45. The van der Waals surface area contributed by atoms with E-state index < -0.39 is 48.7 Å². The van der Waals surface area contributed by atoms with Crippen molar-refractivity contribution in [2.75, 3.05) is 13.2 Å². The Morgan fingerprint density at radius 3 is 2.53 bits per heavy atom. The first-order chi connectivity index (χ1) is 15.9. The largest absolute Gasteiger partial charge is 0.481 e. The van der Waals surface area contributed by atoms with Gasteiger partial charge in [-0.3, -0.25) is 4.79 Å². The number of hydrogen-bond acceptors (Lipinski definition) is 7. The summed E-state index contributed by atoms with van der Waals surface area (Å²) < 4.78 is 11.2. The molecule has 8 heteroatoms. The van der Waals surface area contributed by atoms with Gasteiger partial charge in [0.1, 0.15) is 24.4 Å². The second-order valence-electron chi connectivity index (χ2n) is 12.0. The normalized spacial score (nSPS) is 49.0. The number of aliphatic hydroxyl groups is 4. The Morgan fingerprint density at radius 1 is 1.12 bits per heavy atom. The summed E-state index contributed by atoms with van der Waals surface area (Å²) in [6.45, 7) is 6.37. The van der Waals surface area contributed by atoms with Gasteiger partial charge < -0.3 is 35.0 Å². The topological polar surface area (TPSA) is 137 Å². The van der Waals surface area contributed by atoms with Crippen LogP contribution in [0.3, 0.4) is 0 Å². The first-order valence-electron chi connectivity index (χ1n) is 12.8. The molecule has 0 bridgehead atoms. The number of allylic oxidation sites excluding steroid dienone is 2. The van der Waals surface area contributed by atoms with E-state index in [1.807, 2.05) is 6.92 Å². The molecule has 4 aliphatic rings. The van der Waals surface area contributed by atoms with Gasteiger partial charge in [0.2, 0.25) is 0 Å². The number of rotatable bonds is 6. The van der Waals surface area contributed by atoms with Crippen molar-refractivity contribution >= 4 is 5.97 Å². The van der Waals surface area contributed by atoms with Crippen molar-refractivity contribution in [3.8, 4) is 0 Å². The Bertz CT molecular complexity index is 798. The smallest absolute Gasteiger partial charge is 0.309 e. The Morgan fingerprint density at radius 2 is 1.85 bits per heavy atom. The molecular formula is C26H42O8. The molecule has 3 fully saturated rings. The molecule has 10 atom stereocenters. The molecule has 8 nitrogen and oxygen atoms in total. The molecule has 3 aliphatic carbocycles. The summed E-state index contributed by atoms with van der Waals surface area (Å²) in [6.07, 6.45) is 3.41. The minimum absolute atomic E-state index is 0.0175. The fourth-order valence-electron chi connectivity index (χ4n) is 7.57. The van der Waals surface area contributed by atoms with Gasteiger partial charge in [0, 0.05) is 0 Å². The molecule has 0 radical (unpaired) electrons. The Labute approximate surface area is 202 Å². The monoisotopic (exact) mass is 482 g/mol. The van der Waals surface area contributed by atoms with Crippen LogP contribution in [-0.2, 0) is 14.3 Å². The van der Waals surface area contributed by atoms with Gasteiger partial charge in [0.05, 0.1) is 18.6 Å². The van der Waals surface area contributed by atoms with E-state index in [0.717, 1.165) is 51.4 Å². The second kappa shape index (κ2) is 9.45. The summed E-state index contributed by atoms with van der Waals surface area (Å²) in [5, 5.41) is 49.5. The molecule has 1 unspecified atom stereocenters. The van der Waals surface area contributed by atoms with Gasteiger partial charge in [-0.1, -0.05) is 31.9 Å². The van der Waals surface area contributed by atoms with Crippen molar-refractivity contribution in [2.24, 2.45) is 28.1 Å². The third-order valence-corrected chi connectivity index (χ3v) is 9.83. The Balaban J connectivity index is 1.39. The molecular weight excluding hydrogens is 440 g/mol. The molecule has 0 amide bonds. The van der Waals surface area contributed by atoms with Crippen LogP contribution in [0.4, 0.5) is 0 Å². The third-order valence-electron chi connectivity index (χ3n) is 9.83. The van der Waals surface area contributed by atoms with Crippen molar-refractivity contribution < 1.29 is 39.8 Å². The summed E-state index contributed by atoms with van der Waals surface area (Å²) in [6, 6.07) is 0. The van der Waals surface area contributed by atoms with Gasteiger partial charge in [-0.05, 0) is 74.5 Å². The highest BCUT2D eigenvalue weighted by atomic mass is 16.7. The van der Waals surface area contributed by atoms with Crippen LogP contribution >= 0.6 is 0 Å². The Hall–Kier alpha value is -1.03. The molecule has 0 aromatic carbocycles. The number of carbonyl (C=O) groups is 1. The lowest BCUT2D eigenvalue weighted by Crippen LogP contribution is -2.59. The van der Waals surface area contributed by atoms with Crippen molar-refractivity contribution in [3.05, 3.63) is 11.6 Å². The number of carboxylic acids is 1. The summed E-state index contributed by atoms with van der Waals surface area (Å²) >= 11 is 0. The van der Waals surface area contributed by atoms with Gasteiger partial charge in [-0.2, -0.15) is 0 Å². The molecule has 194 valence electrons. The van der Waals surface area contributed by atoms with E-state index in [1.165, 1.54) is 5.57 Å². The minimum atomic E-state index is -1.44. The molecule has 1 heterocycles. The first-order valence-corrected chi connectivity index (χ1v) is 12.8. The highest BCUT2D eigenvalue weighted by Crippen LogP contribution is 2.64. The SMILES string of the molecule is C[C@]1(CCO[C@@H]2O[C@H](CO)[C@@H](O)[C@H](O)[C@H]2O)CC[C@H]2C(=CCC3[C@]2(C)CCC[C@]3(C)C(=O)O)C1. The summed E-state index contributed by atoms with van der Waals surface area (Å²) in [5.74, 6) is -0.0743. The van der Waals surface area contributed by atoms with E-state index in [4.69, 9.17) is 9.47 Å². The van der Waals surface area contributed by atoms with Gasteiger partial charge in [-0.25, -0.2) is 0 Å². The first kappa shape index (κ1) is 26.0. The standard InChI is InChI=1S/C26H42O8/c1-24(11-12-33-22-21(30)20(29)19(28)17(14-27)34-22)10-7-16-15(13-24)5-6-18-25(16,2)8-4-9-26(18,3)23(31)32/h5,16-22,27-30H,4,6-14H2,1-3H3,(H,31,32)/t16-,17+,18?,19+,20-,21+,22+,24+,25+,26-/m0/s1. The predicted molar refractivity (Wildman–Crippen MR) is 124 cm³/mol. The summed E-state index contributed by atoms with van der Waals surface area (Å²) in [5.41, 5.74) is 0.832. The number of aliphatic hydroxyl groups excluding tert-OH is 4. The summed E-state index contributed by atoms with van der Waals surface area (Å²) in [7, 11) is 0. The zero-order valence-corrected chi connectivity index (χ0v) is 20.7. The summed E-state index contributed by atoms with van der Waals surface area (Å²) in [4.78, 5) is 12.2. The van der Waals surface area contributed by atoms with E-state index in [9.17, 15) is 30.3 Å². The molecule has 0 spiro atoms. The zero-order valence-electron chi connectivity index (χ0n) is 20.7. The number of hydrogen-bond donors (Lipinski definition) is 5. The quantitative estimate of drug-likeness (QED) is 0.364. The average molecular weight is 483 g/mol. The molecule has 5 N–H and O–H groups in total. The van der Waals surface area contributed by atoms with Crippen LogP contribution in [-0.4, -0.2) is 75.4 Å². The van der Waals surface area contributed by atoms with Crippen molar-refractivity contribution in [1.29, 1.82) is 0 Å². The van der Waals surface area contributed by atoms with Crippen molar-refractivity contribution in [2.45, 2.75) is 103 Å². The lowest BCUT2D eigenvalue weighted by Gasteiger charge is -2.58. The average Bonchev–Trinajstić information content (AvgIpc) is 2.78. The lowest BCUT2D eigenvalue weighted by molar-refractivity contribution is -0.302. The van der Waals surface area contributed by atoms with Crippen LogP contribution in [0, 0.1) is 28.1 Å². The van der Waals surface area contributed by atoms with Crippen LogP contribution in [0.25, 0.3) is 0 Å².